The first-order valence-corrected chi connectivity index (χ1v) is 5.84. The molecule has 3 heteroatoms. The van der Waals surface area contributed by atoms with Gasteiger partial charge < -0.3 is 15.4 Å². The highest BCUT2D eigenvalue weighted by Gasteiger charge is 2.05. The molecular weight excluding hydrogens is 200 g/mol. The summed E-state index contributed by atoms with van der Waals surface area (Å²) in [5.74, 6) is 0.934. The van der Waals surface area contributed by atoms with E-state index in [4.69, 9.17) is 10.5 Å². The molecule has 0 saturated heterocycles. The van der Waals surface area contributed by atoms with Crippen LogP contribution >= 0.6 is 0 Å². The summed E-state index contributed by atoms with van der Waals surface area (Å²) in [7, 11) is 3.81. The van der Waals surface area contributed by atoms with Gasteiger partial charge in [0.15, 0.2) is 0 Å². The topological polar surface area (TPSA) is 38.5 Å². The monoisotopic (exact) mass is 222 g/mol. The van der Waals surface area contributed by atoms with Gasteiger partial charge >= 0.3 is 0 Å². The fourth-order valence-corrected chi connectivity index (χ4v) is 1.74. The lowest BCUT2D eigenvalue weighted by molar-refractivity contribution is 0.414. The first-order valence-electron chi connectivity index (χ1n) is 5.84. The summed E-state index contributed by atoms with van der Waals surface area (Å²) in [4.78, 5) is 2.23. The number of hydrogen-bond acceptors (Lipinski definition) is 3. The Morgan fingerprint density at radius 3 is 2.62 bits per heavy atom. The summed E-state index contributed by atoms with van der Waals surface area (Å²) in [6.45, 7) is 1.83. The van der Waals surface area contributed by atoms with Crippen LogP contribution in [0.1, 0.15) is 19.3 Å². The zero-order valence-electron chi connectivity index (χ0n) is 10.3. The zero-order valence-corrected chi connectivity index (χ0v) is 10.3. The number of para-hydroxylation sites is 2. The lowest BCUT2D eigenvalue weighted by Crippen LogP contribution is -2.19. The molecular formula is C13H22N2O. The smallest absolute Gasteiger partial charge is 0.142 e. The Morgan fingerprint density at radius 1 is 1.19 bits per heavy atom. The second-order valence-electron chi connectivity index (χ2n) is 3.94. The van der Waals surface area contributed by atoms with Crippen LogP contribution in [0.25, 0.3) is 0 Å². The Kier molecular flexibility index (Phi) is 5.72. The molecule has 0 fully saturated rings. The maximum atomic E-state index is 5.47. The molecule has 0 aliphatic heterocycles. The fraction of sp³-hybridized carbons (Fsp3) is 0.538. The first kappa shape index (κ1) is 12.8. The Labute approximate surface area is 98.2 Å². The summed E-state index contributed by atoms with van der Waals surface area (Å²) < 4.78 is 5.33. The molecule has 0 amide bonds. The molecule has 90 valence electrons. The molecule has 16 heavy (non-hydrogen) atoms. The van der Waals surface area contributed by atoms with E-state index in [0.717, 1.165) is 30.9 Å². The van der Waals surface area contributed by atoms with E-state index in [2.05, 4.69) is 18.0 Å². The number of unbranched alkanes of at least 4 members (excludes halogenated alkanes) is 2. The van der Waals surface area contributed by atoms with Gasteiger partial charge in [-0.3, -0.25) is 0 Å². The minimum absolute atomic E-state index is 0.790. The van der Waals surface area contributed by atoms with Crippen LogP contribution in [0.5, 0.6) is 5.75 Å². The van der Waals surface area contributed by atoms with Crippen LogP contribution in [0.3, 0.4) is 0 Å². The summed E-state index contributed by atoms with van der Waals surface area (Å²) in [6.07, 6.45) is 3.47. The lowest BCUT2D eigenvalue weighted by atomic mass is 10.2. The van der Waals surface area contributed by atoms with Crippen molar-refractivity contribution in [2.24, 2.45) is 5.73 Å². The molecule has 0 aliphatic rings. The van der Waals surface area contributed by atoms with Crippen LogP contribution in [0, 0.1) is 0 Å². The van der Waals surface area contributed by atoms with Gasteiger partial charge in [0.25, 0.3) is 0 Å². The zero-order chi connectivity index (χ0) is 11.8. The Bertz CT molecular complexity index is 302. The van der Waals surface area contributed by atoms with Crippen molar-refractivity contribution in [2.45, 2.75) is 19.3 Å². The number of anilines is 1. The number of nitrogens with two attached hydrogens (primary N) is 1. The Morgan fingerprint density at radius 2 is 1.94 bits per heavy atom. The van der Waals surface area contributed by atoms with Crippen LogP contribution in [-0.4, -0.2) is 27.2 Å². The molecule has 0 unspecified atom stereocenters. The summed E-state index contributed by atoms with van der Waals surface area (Å²) in [5, 5.41) is 0. The Balaban J connectivity index is 2.48. The molecule has 0 aliphatic carbocycles. The van der Waals surface area contributed by atoms with E-state index in [9.17, 15) is 0 Å². The normalized spacial score (nSPS) is 10.2. The molecule has 0 atom stereocenters. The van der Waals surface area contributed by atoms with Gasteiger partial charge in [-0.1, -0.05) is 18.6 Å². The maximum Gasteiger partial charge on any atom is 0.142 e. The molecule has 0 heterocycles. The van der Waals surface area contributed by atoms with Gasteiger partial charge in [0.05, 0.1) is 12.8 Å². The van der Waals surface area contributed by atoms with E-state index < -0.39 is 0 Å². The molecule has 0 bridgehead atoms. The molecule has 2 N–H and O–H groups in total. The summed E-state index contributed by atoms with van der Waals surface area (Å²) >= 11 is 0. The molecule has 0 saturated carbocycles. The van der Waals surface area contributed by atoms with Crippen molar-refractivity contribution < 1.29 is 4.74 Å². The molecule has 0 radical (unpaired) electrons. The molecule has 3 nitrogen and oxygen atoms in total. The van der Waals surface area contributed by atoms with Gasteiger partial charge in [-0.25, -0.2) is 0 Å². The molecule has 1 aromatic rings. The number of nitrogens with zero attached hydrogens (tertiary/aromatic N) is 1. The number of benzene rings is 1. The van der Waals surface area contributed by atoms with E-state index >= 15 is 0 Å². The minimum Gasteiger partial charge on any atom is -0.495 e. The third-order valence-corrected chi connectivity index (χ3v) is 2.69. The van der Waals surface area contributed by atoms with Crippen LogP contribution in [-0.2, 0) is 0 Å². The second-order valence-corrected chi connectivity index (χ2v) is 3.94. The van der Waals surface area contributed by atoms with Crippen molar-refractivity contribution in [3.05, 3.63) is 24.3 Å². The van der Waals surface area contributed by atoms with Crippen LogP contribution in [0.2, 0.25) is 0 Å². The average molecular weight is 222 g/mol. The Hall–Kier alpha value is -1.22. The quantitative estimate of drug-likeness (QED) is 0.719. The predicted octanol–water partition coefficient (Wildman–Crippen LogP) is 2.26. The third-order valence-electron chi connectivity index (χ3n) is 2.69. The van der Waals surface area contributed by atoms with Gasteiger partial charge in [-0.2, -0.15) is 0 Å². The lowest BCUT2D eigenvalue weighted by Gasteiger charge is -2.21. The molecule has 0 spiro atoms. The van der Waals surface area contributed by atoms with Crippen molar-refractivity contribution in [2.75, 3.05) is 32.1 Å². The van der Waals surface area contributed by atoms with Crippen molar-refractivity contribution in [1.29, 1.82) is 0 Å². The highest BCUT2D eigenvalue weighted by molar-refractivity contribution is 5.57. The average Bonchev–Trinajstić information content (AvgIpc) is 2.34. The van der Waals surface area contributed by atoms with Gasteiger partial charge in [0.2, 0.25) is 0 Å². The molecule has 1 rings (SSSR count). The van der Waals surface area contributed by atoms with E-state index in [-0.39, 0.29) is 0 Å². The van der Waals surface area contributed by atoms with Gasteiger partial charge in [0.1, 0.15) is 5.75 Å². The minimum atomic E-state index is 0.790. The fourth-order valence-electron chi connectivity index (χ4n) is 1.74. The van der Waals surface area contributed by atoms with Crippen LogP contribution in [0.15, 0.2) is 24.3 Å². The summed E-state index contributed by atoms with van der Waals surface area (Å²) in [5.41, 5.74) is 6.62. The number of methoxy groups -OCH3 is 1. The van der Waals surface area contributed by atoms with E-state index in [0.29, 0.717) is 0 Å². The van der Waals surface area contributed by atoms with Crippen LogP contribution < -0.4 is 15.4 Å². The number of hydrogen-bond donors (Lipinski definition) is 1. The molecule has 1 aromatic carbocycles. The van der Waals surface area contributed by atoms with E-state index in [1.54, 1.807) is 7.11 Å². The van der Waals surface area contributed by atoms with Gasteiger partial charge in [0, 0.05) is 13.6 Å². The second kappa shape index (κ2) is 7.12. The molecule has 0 aromatic heterocycles. The van der Waals surface area contributed by atoms with Crippen molar-refractivity contribution >= 4 is 5.69 Å². The van der Waals surface area contributed by atoms with Crippen molar-refractivity contribution in [1.82, 2.24) is 0 Å². The van der Waals surface area contributed by atoms with Crippen molar-refractivity contribution in [3.63, 3.8) is 0 Å². The largest absolute Gasteiger partial charge is 0.495 e. The number of ether oxygens (including phenoxy) is 1. The maximum absolute atomic E-state index is 5.47. The highest BCUT2D eigenvalue weighted by Crippen LogP contribution is 2.26. The van der Waals surface area contributed by atoms with Gasteiger partial charge in [-0.15, -0.1) is 0 Å². The SMILES string of the molecule is COc1ccccc1N(C)CCCCCN. The third kappa shape index (κ3) is 3.74. The number of rotatable bonds is 7. The van der Waals surface area contributed by atoms with Crippen molar-refractivity contribution in [3.8, 4) is 5.75 Å². The predicted molar refractivity (Wildman–Crippen MR) is 69.2 cm³/mol. The van der Waals surface area contributed by atoms with Gasteiger partial charge in [-0.05, 0) is 31.5 Å². The standard InChI is InChI=1S/C13H22N2O/c1-15(11-7-3-6-10-14)12-8-4-5-9-13(12)16-2/h4-5,8-9H,3,6-7,10-11,14H2,1-2H3. The highest BCUT2D eigenvalue weighted by atomic mass is 16.5. The first-order chi connectivity index (χ1) is 7.79. The summed E-state index contributed by atoms with van der Waals surface area (Å²) in [6, 6.07) is 8.10. The van der Waals surface area contributed by atoms with E-state index in [1.807, 2.05) is 18.2 Å². The van der Waals surface area contributed by atoms with Crippen LogP contribution in [0.4, 0.5) is 5.69 Å². The van der Waals surface area contributed by atoms with E-state index in [1.165, 1.54) is 12.8 Å².